The van der Waals surface area contributed by atoms with E-state index >= 15 is 0 Å². The van der Waals surface area contributed by atoms with Crippen LogP contribution in [0.4, 0.5) is 0 Å². The van der Waals surface area contributed by atoms with E-state index in [9.17, 15) is 0 Å². The fourth-order valence-electron chi connectivity index (χ4n) is 1.66. The minimum Gasteiger partial charge on any atom is -0.374 e. The summed E-state index contributed by atoms with van der Waals surface area (Å²) in [6, 6.07) is 0.879. The Balaban J connectivity index is 4.44. The summed E-state index contributed by atoms with van der Waals surface area (Å²) in [5.41, 5.74) is 5.52. The van der Waals surface area contributed by atoms with Gasteiger partial charge in [-0.2, -0.15) is 0 Å². The second-order valence-corrected chi connectivity index (χ2v) is 6.48. The molecule has 0 aromatic rings. The van der Waals surface area contributed by atoms with Crippen LogP contribution in [0.5, 0.6) is 0 Å². The van der Waals surface area contributed by atoms with Gasteiger partial charge in [0.2, 0.25) is 0 Å². The van der Waals surface area contributed by atoms with E-state index < -0.39 is 8.80 Å². The maximum atomic E-state index is 6.01. The Morgan fingerprint density at radius 1 is 1.12 bits per heavy atom. The smallest absolute Gasteiger partial charge is 0.374 e. The molecule has 98 valence electrons. The van der Waals surface area contributed by atoms with Crippen molar-refractivity contribution < 1.29 is 13.3 Å². The minimum absolute atomic E-state index is 0.112. The molecule has 16 heavy (non-hydrogen) atoms. The van der Waals surface area contributed by atoms with E-state index in [1.54, 1.807) is 0 Å². The maximum Gasteiger partial charge on any atom is 0.501 e. The minimum atomic E-state index is -2.45. The standard InChI is InChI=1S/C11H27NO3Si/c1-5-10-16(13-6-2,14-7-3)15-11(4)8-9-12/h11H,5-10,12H2,1-4H3. The lowest BCUT2D eigenvalue weighted by molar-refractivity contribution is 0.0363. The van der Waals surface area contributed by atoms with E-state index in [0.29, 0.717) is 19.8 Å². The topological polar surface area (TPSA) is 53.7 Å². The molecule has 0 saturated heterocycles. The fraction of sp³-hybridized carbons (Fsp3) is 1.00. The molecular weight excluding hydrogens is 222 g/mol. The summed E-state index contributed by atoms with van der Waals surface area (Å²) in [6.45, 7) is 10.0. The Labute approximate surface area is 101 Å². The molecule has 0 spiro atoms. The van der Waals surface area contributed by atoms with Crippen molar-refractivity contribution in [1.82, 2.24) is 0 Å². The second-order valence-electron chi connectivity index (χ2n) is 3.80. The van der Waals surface area contributed by atoms with Gasteiger partial charge in [0.1, 0.15) is 0 Å². The molecule has 0 amide bonds. The van der Waals surface area contributed by atoms with Crippen molar-refractivity contribution in [3.8, 4) is 0 Å². The highest BCUT2D eigenvalue weighted by molar-refractivity contribution is 6.60. The highest BCUT2D eigenvalue weighted by Gasteiger charge is 2.40. The Bertz CT molecular complexity index is 152. The van der Waals surface area contributed by atoms with Gasteiger partial charge in [-0.05, 0) is 33.7 Å². The molecule has 0 heterocycles. The van der Waals surface area contributed by atoms with Crippen LogP contribution in [-0.4, -0.2) is 34.7 Å². The highest BCUT2D eigenvalue weighted by Crippen LogP contribution is 2.20. The van der Waals surface area contributed by atoms with Crippen LogP contribution >= 0.6 is 0 Å². The van der Waals surface area contributed by atoms with Crippen LogP contribution in [0.1, 0.15) is 40.5 Å². The van der Waals surface area contributed by atoms with Crippen LogP contribution < -0.4 is 5.73 Å². The van der Waals surface area contributed by atoms with Crippen molar-refractivity contribution in [2.75, 3.05) is 19.8 Å². The molecule has 0 rings (SSSR count). The number of rotatable bonds is 10. The van der Waals surface area contributed by atoms with Gasteiger partial charge in [-0.15, -0.1) is 0 Å². The first kappa shape index (κ1) is 16.1. The molecule has 0 aromatic heterocycles. The zero-order valence-electron chi connectivity index (χ0n) is 11.1. The van der Waals surface area contributed by atoms with Gasteiger partial charge in [0, 0.05) is 25.4 Å². The summed E-state index contributed by atoms with van der Waals surface area (Å²) in [4.78, 5) is 0. The molecular formula is C11H27NO3Si. The first-order valence-electron chi connectivity index (χ1n) is 6.29. The molecule has 0 fully saturated rings. The van der Waals surface area contributed by atoms with E-state index in [2.05, 4.69) is 6.92 Å². The molecule has 5 heteroatoms. The van der Waals surface area contributed by atoms with Crippen LogP contribution in [0.3, 0.4) is 0 Å². The molecule has 1 atom stereocenters. The van der Waals surface area contributed by atoms with Gasteiger partial charge in [-0.3, -0.25) is 0 Å². The van der Waals surface area contributed by atoms with Crippen LogP contribution in [0, 0.1) is 0 Å². The van der Waals surface area contributed by atoms with E-state index in [1.807, 2.05) is 20.8 Å². The van der Waals surface area contributed by atoms with Gasteiger partial charge < -0.3 is 19.0 Å². The Morgan fingerprint density at radius 2 is 1.69 bits per heavy atom. The first-order valence-corrected chi connectivity index (χ1v) is 8.23. The third kappa shape index (κ3) is 5.96. The van der Waals surface area contributed by atoms with Gasteiger partial charge in [0.05, 0.1) is 0 Å². The SMILES string of the molecule is CCC[Si](OCC)(OCC)OC(C)CCN. The van der Waals surface area contributed by atoms with Gasteiger partial charge in [0.25, 0.3) is 0 Å². The van der Waals surface area contributed by atoms with Crippen LogP contribution in [0.25, 0.3) is 0 Å². The lowest BCUT2D eigenvalue weighted by Crippen LogP contribution is -2.48. The molecule has 0 bridgehead atoms. The zero-order chi connectivity index (χ0) is 12.4. The largest absolute Gasteiger partial charge is 0.501 e. The average molecular weight is 249 g/mol. The van der Waals surface area contributed by atoms with Crippen molar-refractivity contribution in [2.45, 2.75) is 52.7 Å². The van der Waals surface area contributed by atoms with Gasteiger partial charge in [0.15, 0.2) is 0 Å². The summed E-state index contributed by atoms with van der Waals surface area (Å²) in [6.07, 6.45) is 1.97. The molecule has 0 aromatic carbocycles. The summed E-state index contributed by atoms with van der Waals surface area (Å²) in [7, 11) is -2.45. The molecule has 4 nitrogen and oxygen atoms in total. The van der Waals surface area contributed by atoms with E-state index in [0.717, 1.165) is 18.9 Å². The highest BCUT2D eigenvalue weighted by atomic mass is 28.4. The predicted octanol–water partition coefficient (Wildman–Crippen LogP) is 2.16. The van der Waals surface area contributed by atoms with E-state index in [4.69, 9.17) is 19.0 Å². The number of nitrogens with two attached hydrogens (primary N) is 1. The molecule has 0 aliphatic rings. The summed E-state index contributed by atoms with van der Waals surface area (Å²) in [5.74, 6) is 0. The first-order chi connectivity index (χ1) is 7.64. The van der Waals surface area contributed by atoms with E-state index in [1.165, 1.54) is 0 Å². The van der Waals surface area contributed by atoms with Crippen molar-refractivity contribution in [2.24, 2.45) is 5.73 Å². The molecule has 2 N–H and O–H groups in total. The third-order valence-electron chi connectivity index (χ3n) is 2.24. The Morgan fingerprint density at radius 3 is 2.06 bits per heavy atom. The molecule has 0 radical (unpaired) electrons. The van der Waals surface area contributed by atoms with Gasteiger partial charge in [-0.1, -0.05) is 13.3 Å². The second kappa shape index (κ2) is 9.12. The monoisotopic (exact) mass is 249 g/mol. The average Bonchev–Trinajstić information content (AvgIpc) is 2.18. The summed E-state index contributed by atoms with van der Waals surface area (Å²) < 4.78 is 17.6. The summed E-state index contributed by atoms with van der Waals surface area (Å²) in [5, 5.41) is 0. The predicted molar refractivity (Wildman–Crippen MR) is 68.3 cm³/mol. The zero-order valence-corrected chi connectivity index (χ0v) is 12.1. The molecule has 0 aliphatic heterocycles. The number of hydrogen-bond donors (Lipinski definition) is 1. The fourth-order valence-corrected chi connectivity index (χ4v) is 4.51. The molecule has 0 aliphatic carbocycles. The van der Waals surface area contributed by atoms with Crippen LogP contribution in [-0.2, 0) is 13.3 Å². The van der Waals surface area contributed by atoms with Crippen molar-refractivity contribution in [3.05, 3.63) is 0 Å². The lowest BCUT2D eigenvalue weighted by atomic mass is 10.3. The molecule has 1 unspecified atom stereocenters. The maximum absolute atomic E-state index is 6.01. The normalized spacial score (nSPS) is 14.1. The van der Waals surface area contributed by atoms with Gasteiger partial charge in [-0.25, -0.2) is 0 Å². The number of hydrogen-bond acceptors (Lipinski definition) is 4. The van der Waals surface area contributed by atoms with Crippen molar-refractivity contribution >= 4 is 8.80 Å². The van der Waals surface area contributed by atoms with Crippen molar-refractivity contribution in [3.63, 3.8) is 0 Å². The Kier molecular flexibility index (Phi) is 9.16. The molecule has 0 saturated carbocycles. The van der Waals surface area contributed by atoms with Crippen molar-refractivity contribution in [1.29, 1.82) is 0 Å². The van der Waals surface area contributed by atoms with Gasteiger partial charge >= 0.3 is 8.80 Å². The quantitative estimate of drug-likeness (QED) is 0.603. The van der Waals surface area contributed by atoms with Crippen LogP contribution in [0.15, 0.2) is 0 Å². The third-order valence-corrected chi connectivity index (χ3v) is 5.57. The summed E-state index contributed by atoms with van der Waals surface area (Å²) >= 11 is 0. The van der Waals surface area contributed by atoms with Crippen LogP contribution in [0.2, 0.25) is 6.04 Å². The Hall–Kier alpha value is 0.0569. The van der Waals surface area contributed by atoms with E-state index in [-0.39, 0.29) is 6.10 Å². The lowest BCUT2D eigenvalue weighted by Gasteiger charge is -2.31.